The summed E-state index contributed by atoms with van der Waals surface area (Å²) >= 11 is 5.95. The average Bonchev–Trinajstić information content (AvgIpc) is 2.77. The Hall–Kier alpha value is -2.90. The lowest BCUT2D eigenvalue weighted by Gasteiger charge is -2.46. The van der Waals surface area contributed by atoms with E-state index in [0.717, 1.165) is 17.5 Å². The molecule has 8 heteroatoms. The maximum atomic E-state index is 13.3. The van der Waals surface area contributed by atoms with Crippen LogP contribution < -0.4 is 10.6 Å². The van der Waals surface area contributed by atoms with Crippen molar-refractivity contribution in [3.8, 4) is 0 Å². The van der Waals surface area contributed by atoms with Crippen molar-refractivity contribution >= 4 is 35.1 Å². The van der Waals surface area contributed by atoms with Crippen LogP contribution in [-0.4, -0.2) is 52.8 Å². The molecule has 0 bridgehead atoms. The number of carbonyl (C=O) groups excluding carboxylic acids is 3. The van der Waals surface area contributed by atoms with Gasteiger partial charge in [0.2, 0.25) is 11.8 Å². The molecule has 2 fully saturated rings. The van der Waals surface area contributed by atoms with Gasteiger partial charge < -0.3 is 15.5 Å². The summed E-state index contributed by atoms with van der Waals surface area (Å²) in [6.45, 7) is 2.70. The van der Waals surface area contributed by atoms with Gasteiger partial charge in [0.1, 0.15) is 12.6 Å². The van der Waals surface area contributed by atoms with Gasteiger partial charge in [-0.3, -0.25) is 14.5 Å². The first-order valence-electron chi connectivity index (χ1n) is 10.4. The molecule has 0 spiro atoms. The number of hydrogen-bond acceptors (Lipinski definition) is 4. The second-order valence-corrected chi connectivity index (χ2v) is 8.45. The minimum atomic E-state index is -0.508. The van der Waals surface area contributed by atoms with Crippen LogP contribution >= 0.6 is 11.6 Å². The van der Waals surface area contributed by atoms with E-state index in [9.17, 15) is 14.4 Å². The molecule has 2 atom stereocenters. The number of carbonyl (C=O) groups is 3. The molecule has 0 radical (unpaired) electrons. The fourth-order valence-corrected chi connectivity index (χ4v) is 4.24. The number of piperidine rings is 1. The van der Waals surface area contributed by atoms with Gasteiger partial charge in [-0.05, 0) is 56.1 Å². The number of benzene rings is 2. The van der Waals surface area contributed by atoms with Crippen LogP contribution in [0.1, 0.15) is 24.0 Å². The molecule has 7 nitrogen and oxygen atoms in total. The number of anilines is 1. The Morgan fingerprint density at radius 1 is 1.13 bits per heavy atom. The highest BCUT2D eigenvalue weighted by atomic mass is 35.5. The first-order chi connectivity index (χ1) is 14.9. The van der Waals surface area contributed by atoms with Gasteiger partial charge in [-0.25, -0.2) is 4.79 Å². The number of nitrogens with one attached hydrogen (secondary N) is 2. The summed E-state index contributed by atoms with van der Waals surface area (Å²) in [6, 6.07) is 13.2. The molecule has 2 heterocycles. The first kappa shape index (κ1) is 21.3. The third kappa shape index (κ3) is 4.73. The van der Waals surface area contributed by atoms with Crippen molar-refractivity contribution < 1.29 is 14.4 Å². The van der Waals surface area contributed by atoms with E-state index >= 15 is 0 Å². The Kier molecular flexibility index (Phi) is 6.25. The Morgan fingerprint density at radius 3 is 2.55 bits per heavy atom. The largest absolute Gasteiger partial charge is 0.327 e. The molecule has 162 valence electrons. The zero-order chi connectivity index (χ0) is 22.0. The van der Waals surface area contributed by atoms with Crippen molar-refractivity contribution in [2.45, 2.75) is 38.4 Å². The van der Waals surface area contributed by atoms with Crippen LogP contribution in [0, 0.1) is 6.92 Å². The third-order valence-electron chi connectivity index (χ3n) is 5.74. The van der Waals surface area contributed by atoms with E-state index in [1.54, 1.807) is 24.3 Å². The van der Waals surface area contributed by atoms with Crippen LogP contribution in [0.4, 0.5) is 10.5 Å². The molecule has 4 amide bonds. The maximum Gasteiger partial charge on any atom is 0.327 e. The van der Waals surface area contributed by atoms with Gasteiger partial charge in [-0.1, -0.05) is 41.4 Å². The number of imide groups is 1. The van der Waals surface area contributed by atoms with E-state index in [4.69, 9.17) is 11.6 Å². The molecular formula is C23H25ClN4O3. The van der Waals surface area contributed by atoms with Gasteiger partial charge in [0.05, 0.1) is 12.6 Å². The Labute approximate surface area is 186 Å². The standard InChI is InChI=1S/C23H25ClN4O3/c1-15-4-10-18(11-5-15)26-20(29)14-27-19-3-2-12-25-21(19)22(30)28(23(27)31)13-16-6-8-17(24)9-7-16/h4-11,19,21,25H,2-3,12-14H2,1H3,(H,26,29). The molecule has 2 N–H and O–H groups in total. The number of halogens is 1. The van der Waals surface area contributed by atoms with Crippen molar-refractivity contribution in [3.05, 3.63) is 64.7 Å². The lowest BCUT2D eigenvalue weighted by Crippen LogP contribution is -2.70. The summed E-state index contributed by atoms with van der Waals surface area (Å²) in [7, 11) is 0. The smallest absolute Gasteiger partial charge is 0.325 e. The molecule has 2 aliphatic rings. The van der Waals surface area contributed by atoms with Crippen molar-refractivity contribution in [2.24, 2.45) is 0 Å². The number of nitrogens with zero attached hydrogens (tertiary/aromatic N) is 2. The van der Waals surface area contributed by atoms with Crippen molar-refractivity contribution in [3.63, 3.8) is 0 Å². The topological polar surface area (TPSA) is 81.8 Å². The van der Waals surface area contributed by atoms with Crippen LogP contribution in [0.3, 0.4) is 0 Å². The summed E-state index contributed by atoms with van der Waals surface area (Å²) in [5.41, 5.74) is 2.56. The fraction of sp³-hybridized carbons (Fsp3) is 0.348. The number of amides is 4. The first-order valence-corrected chi connectivity index (χ1v) is 10.8. The second-order valence-electron chi connectivity index (χ2n) is 8.02. The molecule has 2 aromatic rings. The summed E-state index contributed by atoms with van der Waals surface area (Å²) in [5, 5.41) is 6.67. The molecule has 0 saturated carbocycles. The molecule has 2 aliphatic heterocycles. The SMILES string of the molecule is Cc1ccc(NC(=O)CN2C(=O)N(Cc3ccc(Cl)cc3)C(=O)C3NCCCC32)cc1. The highest BCUT2D eigenvalue weighted by Crippen LogP contribution is 2.26. The van der Waals surface area contributed by atoms with Crippen LogP contribution in [0.5, 0.6) is 0 Å². The van der Waals surface area contributed by atoms with E-state index in [0.29, 0.717) is 23.7 Å². The van der Waals surface area contributed by atoms with Crippen LogP contribution in [0.25, 0.3) is 0 Å². The van der Waals surface area contributed by atoms with E-state index in [1.807, 2.05) is 31.2 Å². The third-order valence-corrected chi connectivity index (χ3v) is 5.99. The summed E-state index contributed by atoms with van der Waals surface area (Å²) in [5.74, 6) is -0.540. The quantitative estimate of drug-likeness (QED) is 0.748. The lowest BCUT2D eigenvalue weighted by molar-refractivity contribution is -0.138. The number of hydrogen-bond donors (Lipinski definition) is 2. The second kappa shape index (κ2) is 9.08. The minimum absolute atomic E-state index is 0.111. The number of fused-ring (bicyclic) bond motifs is 1. The summed E-state index contributed by atoms with van der Waals surface area (Å²) < 4.78 is 0. The molecule has 0 aromatic heterocycles. The van der Waals surface area contributed by atoms with Crippen molar-refractivity contribution in [1.29, 1.82) is 0 Å². The van der Waals surface area contributed by atoms with Gasteiger partial charge in [0.25, 0.3) is 0 Å². The number of rotatable bonds is 5. The summed E-state index contributed by atoms with van der Waals surface area (Å²) in [6.07, 6.45) is 1.52. The molecule has 2 unspecified atom stereocenters. The van der Waals surface area contributed by atoms with E-state index < -0.39 is 12.1 Å². The Balaban J connectivity index is 1.53. The molecule has 2 aromatic carbocycles. The van der Waals surface area contributed by atoms with E-state index in [2.05, 4.69) is 10.6 Å². The molecule has 2 saturated heterocycles. The highest BCUT2D eigenvalue weighted by Gasteiger charge is 2.47. The zero-order valence-electron chi connectivity index (χ0n) is 17.3. The zero-order valence-corrected chi connectivity index (χ0v) is 18.1. The number of urea groups is 1. The predicted octanol–water partition coefficient (Wildman–Crippen LogP) is 3.17. The fourth-order valence-electron chi connectivity index (χ4n) is 4.11. The maximum absolute atomic E-state index is 13.3. The van der Waals surface area contributed by atoms with Gasteiger partial charge in [0.15, 0.2) is 0 Å². The van der Waals surface area contributed by atoms with Crippen LogP contribution in [0.15, 0.2) is 48.5 Å². The van der Waals surface area contributed by atoms with Crippen molar-refractivity contribution in [1.82, 2.24) is 15.1 Å². The molecule has 0 aliphatic carbocycles. The van der Waals surface area contributed by atoms with Gasteiger partial charge in [0, 0.05) is 10.7 Å². The van der Waals surface area contributed by atoms with Gasteiger partial charge in [-0.15, -0.1) is 0 Å². The Bertz CT molecular complexity index is 977. The highest BCUT2D eigenvalue weighted by molar-refractivity contribution is 6.30. The number of aryl methyl sites for hydroxylation is 1. The van der Waals surface area contributed by atoms with Crippen LogP contribution in [0.2, 0.25) is 5.02 Å². The minimum Gasteiger partial charge on any atom is -0.325 e. The Morgan fingerprint density at radius 2 is 1.84 bits per heavy atom. The van der Waals surface area contributed by atoms with E-state index in [1.165, 1.54) is 9.80 Å². The molecular weight excluding hydrogens is 416 g/mol. The normalized spacial score (nSPS) is 21.1. The summed E-state index contributed by atoms with van der Waals surface area (Å²) in [4.78, 5) is 41.9. The average molecular weight is 441 g/mol. The van der Waals surface area contributed by atoms with E-state index in [-0.39, 0.29) is 30.9 Å². The van der Waals surface area contributed by atoms with Gasteiger partial charge >= 0.3 is 6.03 Å². The predicted molar refractivity (Wildman–Crippen MR) is 119 cm³/mol. The monoisotopic (exact) mass is 440 g/mol. The molecule has 4 rings (SSSR count). The van der Waals surface area contributed by atoms with Gasteiger partial charge in [-0.2, -0.15) is 0 Å². The van der Waals surface area contributed by atoms with Crippen LogP contribution in [-0.2, 0) is 16.1 Å². The molecule has 31 heavy (non-hydrogen) atoms. The van der Waals surface area contributed by atoms with Crippen molar-refractivity contribution in [2.75, 3.05) is 18.4 Å². The lowest BCUT2D eigenvalue weighted by atomic mass is 9.93.